The van der Waals surface area contributed by atoms with Crippen molar-refractivity contribution in [1.29, 1.82) is 0 Å². The van der Waals surface area contributed by atoms with Crippen LogP contribution in [0.15, 0.2) is 0 Å². The van der Waals surface area contributed by atoms with Crippen LogP contribution in [0.5, 0.6) is 0 Å². The molecule has 0 aromatic carbocycles. The minimum absolute atomic E-state index is 0. The Kier molecular flexibility index (Phi) is 5.40. The van der Waals surface area contributed by atoms with Crippen LogP contribution >= 0.6 is 40.5 Å². The SMILES string of the molecule is Br.C[C@H](N)C(=O)N1CC2(C[C@H]1C(=O)O)SCCS2. The lowest BCUT2D eigenvalue weighted by Crippen LogP contribution is -2.47. The number of hydrogen-bond acceptors (Lipinski definition) is 5. The van der Waals surface area contributed by atoms with Gasteiger partial charge < -0.3 is 15.7 Å². The predicted octanol–water partition coefficient (Wildman–Crippen LogP) is 0.773. The quantitative estimate of drug-likeness (QED) is 0.760. The van der Waals surface area contributed by atoms with E-state index in [9.17, 15) is 14.7 Å². The number of amides is 1. The Morgan fingerprint density at radius 1 is 1.44 bits per heavy atom. The van der Waals surface area contributed by atoms with Gasteiger partial charge in [0.15, 0.2) is 0 Å². The molecule has 0 saturated carbocycles. The minimum atomic E-state index is -0.927. The van der Waals surface area contributed by atoms with Crippen molar-refractivity contribution in [2.45, 2.75) is 29.5 Å². The molecule has 2 atom stereocenters. The van der Waals surface area contributed by atoms with Crippen LogP contribution in [0.2, 0.25) is 0 Å². The predicted molar refractivity (Wildman–Crippen MR) is 79.4 cm³/mol. The largest absolute Gasteiger partial charge is 0.480 e. The van der Waals surface area contributed by atoms with E-state index >= 15 is 0 Å². The van der Waals surface area contributed by atoms with E-state index in [4.69, 9.17) is 5.73 Å². The number of nitrogens with two attached hydrogens (primary N) is 1. The van der Waals surface area contributed by atoms with Crippen molar-refractivity contribution in [2.24, 2.45) is 5.73 Å². The molecule has 0 unspecified atom stereocenters. The maximum Gasteiger partial charge on any atom is 0.326 e. The van der Waals surface area contributed by atoms with Crippen molar-refractivity contribution in [3.05, 3.63) is 0 Å². The fourth-order valence-electron chi connectivity index (χ4n) is 2.26. The second-order valence-electron chi connectivity index (χ2n) is 4.42. The van der Waals surface area contributed by atoms with Gasteiger partial charge in [-0.3, -0.25) is 4.79 Å². The van der Waals surface area contributed by atoms with E-state index in [0.717, 1.165) is 11.5 Å². The summed E-state index contributed by atoms with van der Waals surface area (Å²) in [5.74, 6) is 0.861. The zero-order valence-electron chi connectivity index (χ0n) is 10.00. The zero-order valence-corrected chi connectivity index (χ0v) is 13.3. The Balaban J connectivity index is 0.00000162. The average Bonchev–Trinajstić information content (AvgIpc) is 2.86. The second kappa shape index (κ2) is 6.02. The summed E-state index contributed by atoms with van der Waals surface area (Å²) in [5, 5.41) is 9.20. The third-order valence-corrected chi connectivity index (χ3v) is 6.49. The van der Waals surface area contributed by atoms with Gasteiger partial charge in [0.25, 0.3) is 0 Å². The summed E-state index contributed by atoms with van der Waals surface area (Å²) in [6.07, 6.45) is 0.524. The topological polar surface area (TPSA) is 83.6 Å². The molecule has 5 nitrogen and oxygen atoms in total. The highest BCUT2D eigenvalue weighted by Crippen LogP contribution is 2.51. The van der Waals surface area contributed by atoms with Gasteiger partial charge in [-0.1, -0.05) is 0 Å². The molecule has 2 rings (SSSR count). The summed E-state index contributed by atoms with van der Waals surface area (Å²) < 4.78 is -0.117. The minimum Gasteiger partial charge on any atom is -0.480 e. The van der Waals surface area contributed by atoms with Crippen LogP contribution in [-0.4, -0.2) is 56.1 Å². The molecule has 8 heteroatoms. The van der Waals surface area contributed by atoms with Crippen LogP contribution in [0.1, 0.15) is 13.3 Å². The van der Waals surface area contributed by atoms with Gasteiger partial charge in [0.05, 0.1) is 10.1 Å². The molecule has 0 aromatic rings. The Hall–Kier alpha value is 0.0800. The van der Waals surface area contributed by atoms with Gasteiger partial charge in [0, 0.05) is 24.5 Å². The number of carboxylic acid groups (broad SMARTS) is 1. The smallest absolute Gasteiger partial charge is 0.326 e. The molecular formula is C10H17BrN2O3S2. The molecule has 2 aliphatic heterocycles. The number of aliphatic carboxylic acids is 1. The number of likely N-dealkylation sites (tertiary alicyclic amines) is 1. The van der Waals surface area contributed by atoms with E-state index in [2.05, 4.69) is 0 Å². The Bertz CT molecular complexity index is 348. The Morgan fingerprint density at radius 2 is 2.00 bits per heavy atom. The zero-order chi connectivity index (χ0) is 12.6. The van der Waals surface area contributed by atoms with Crippen molar-refractivity contribution in [2.75, 3.05) is 18.1 Å². The molecule has 2 aliphatic rings. The van der Waals surface area contributed by atoms with Crippen LogP contribution in [0.3, 0.4) is 0 Å². The third kappa shape index (κ3) is 2.97. The lowest BCUT2D eigenvalue weighted by molar-refractivity contribution is -0.148. The number of carbonyl (C=O) groups is 2. The van der Waals surface area contributed by atoms with Crippen LogP contribution in [-0.2, 0) is 9.59 Å². The molecular weight excluding hydrogens is 340 g/mol. The number of rotatable bonds is 2. The molecule has 0 radical (unpaired) electrons. The van der Waals surface area contributed by atoms with Crippen LogP contribution in [0.25, 0.3) is 0 Å². The standard InChI is InChI=1S/C10H16N2O3S2.BrH/c1-6(11)8(13)12-5-10(16-2-3-17-10)4-7(12)9(14)15;/h6-7H,2-5,11H2,1H3,(H,14,15);1H/t6-,7-;/m0./s1. The van der Waals surface area contributed by atoms with Gasteiger partial charge in [-0.15, -0.1) is 40.5 Å². The van der Waals surface area contributed by atoms with Crippen LogP contribution < -0.4 is 5.73 Å². The molecule has 1 amide bonds. The third-order valence-electron chi connectivity index (χ3n) is 3.06. The fourth-order valence-corrected chi connectivity index (χ4v) is 5.52. The molecule has 3 N–H and O–H groups in total. The second-order valence-corrected chi connectivity index (χ2v) is 7.64. The van der Waals surface area contributed by atoms with E-state index in [1.165, 1.54) is 4.90 Å². The monoisotopic (exact) mass is 356 g/mol. The molecule has 0 aromatic heterocycles. The first-order chi connectivity index (χ1) is 7.95. The summed E-state index contributed by atoms with van der Waals surface area (Å²) in [6, 6.07) is -1.35. The lowest BCUT2D eigenvalue weighted by Gasteiger charge is -2.24. The van der Waals surface area contributed by atoms with Crippen molar-refractivity contribution in [1.82, 2.24) is 4.90 Å². The first-order valence-electron chi connectivity index (χ1n) is 5.52. The Labute approximate surface area is 125 Å². The van der Waals surface area contributed by atoms with Crippen molar-refractivity contribution >= 4 is 52.4 Å². The maximum absolute atomic E-state index is 11.9. The highest BCUT2D eigenvalue weighted by atomic mass is 79.9. The molecule has 18 heavy (non-hydrogen) atoms. The summed E-state index contributed by atoms with van der Waals surface area (Å²) >= 11 is 3.54. The Morgan fingerprint density at radius 3 is 2.44 bits per heavy atom. The first kappa shape index (κ1) is 16.1. The van der Waals surface area contributed by atoms with E-state index in [0.29, 0.717) is 13.0 Å². The normalized spacial score (nSPS) is 27.0. The molecule has 104 valence electrons. The van der Waals surface area contributed by atoms with E-state index in [1.807, 2.05) is 0 Å². The number of thioether (sulfide) groups is 2. The fraction of sp³-hybridized carbons (Fsp3) is 0.800. The summed E-state index contributed by atoms with van der Waals surface area (Å²) in [7, 11) is 0. The maximum atomic E-state index is 11.9. The van der Waals surface area contributed by atoms with Gasteiger partial charge in [0.1, 0.15) is 6.04 Å². The summed E-state index contributed by atoms with van der Waals surface area (Å²) in [5.41, 5.74) is 5.57. The number of hydrogen-bond donors (Lipinski definition) is 2. The number of halogens is 1. The van der Waals surface area contributed by atoms with Gasteiger partial charge in [-0.2, -0.15) is 0 Å². The first-order valence-corrected chi connectivity index (χ1v) is 7.49. The van der Waals surface area contributed by atoms with Gasteiger partial charge >= 0.3 is 5.97 Å². The van der Waals surface area contributed by atoms with Crippen molar-refractivity contribution in [3.8, 4) is 0 Å². The summed E-state index contributed by atoms with van der Waals surface area (Å²) in [4.78, 5) is 24.6. The number of nitrogens with zero attached hydrogens (tertiary/aromatic N) is 1. The average molecular weight is 357 g/mol. The molecule has 1 spiro atoms. The highest BCUT2D eigenvalue weighted by molar-refractivity contribution is 8.93. The number of carbonyl (C=O) groups excluding carboxylic acids is 1. The van der Waals surface area contributed by atoms with Gasteiger partial charge in [0.2, 0.25) is 5.91 Å². The van der Waals surface area contributed by atoms with Crippen molar-refractivity contribution < 1.29 is 14.7 Å². The molecule has 2 fully saturated rings. The molecule has 2 heterocycles. The molecule has 0 bridgehead atoms. The van der Waals surface area contributed by atoms with Gasteiger partial charge in [-0.05, 0) is 6.92 Å². The van der Waals surface area contributed by atoms with Crippen LogP contribution in [0, 0.1) is 0 Å². The summed E-state index contributed by atoms with van der Waals surface area (Å²) in [6.45, 7) is 2.10. The van der Waals surface area contributed by atoms with E-state index in [1.54, 1.807) is 30.4 Å². The number of carboxylic acids is 1. The molecule has 2 saturated heterocycles. The van der Waals surface area contributed by atoms with Gasteiger partial charge in [-0.25, -0.2) is 4.79 Å². The van der Waals surface area contributed by atoms with E-state index in [-0.39, 0.29) is 27.0 Å². The highest BCUT2D eigenvalue weighted by Gasteiger charge is 2.51. The van der Waals surface area contributed by atoms with Crippen LogP contribution in [0.4, 0.5) is 0 Å². The molecule has 0 aliphatic carbocycles. The lowest BCUT2D eigenvalue weighted by atomic mass is 10.2. The van der Waals surface area contributed by atoms with E-state index < -0.39 is 18.1 Å². The van der Waals surface area contributed by atoms with Crippen molar-refractivity contribution in [3.63, 3.8) is 0 Å².